The zero-order chi connectivity index (χ0) is 18.8. The summed E-state index contributed by atoms with van der Waals surface area (Å²) < 4.78 is 5.72. The maximum atomic E-state index is 13.4. The molecule has 1 aliphatic carbocycles. The maximum Gasteiger partial charge on any atom is 0.341 e. The summed E-state index contributed by atoms with van der Waals surface area (Å²) in [5.41, 5.74) is 0.938. The van der Waals surface area contributed by atoms with E-state index in [1.807, 2.05) is 17.0 Å². The van der Waals surface area contributed by atoms with Crippen LogP contribution in [-0.4, -0.2) is 34.8 Å². The van der Waals surface area contributed by atoms with Crippen LogP contribution in [0, 0.1) is 0 Å². The summed E-state index contributed by atoms with van der Waals surface area (Å²) in [6.07, 6.45) is 5.36. The molecule has 1 atom stereocenters. The predicted molar refractivity (Wildman–Crippen MR) is 99.9 cm³/mol. The molecule has 27 heavy (non-hydrogen) atoms. The smallest absolute Gasteiger partial charge is 0.341 e. The maximum absolute atomic E-state index is 13.4. The Morgan fingerprint density at radius 3 is 2.70 bits per heavy atom. The average molecular weight is 403 g/mol. The largest absolute Gasteiger partial charge is 0.449 e. The summed E-state index contributed by atoms with van der Waals surface area (Å²) in [6.45, 7) is 0.925. The highest BCUT2D eigenvalue weighted by atomic mass is 35.5. The molecule has 5 nitrogen and oxygen atoms in total. The standard InChI is InChI=1S/C20H16Cl2N2O3/c21-15-2-1-12(9-16(15)22)19(4-5-19)18(26)24-8-6-20(11-24)14-3-7-23-10-13(14)17(25)27-20/h1-3,7,9-10H,4-6,8,11H2. The van der Waals surface area contributed by atoms with Gasteiger partial charge in [0.2, 0.25) is 5.91 Å². The number of rotatable bonds is 2. The minimum absolute atomic E-state index is 0.0660. The number of amides is 1. The Balaban J connectivity index is 1.43. The van der Waals surface area contributed by atoms with E-state index >= 15 is 0 Å². The Hall–Kier alpha value is -2.11. The first-order valence-corrected chi connectivity index (χ1v) is 9.64. The lowest BCUT2D eigenvalue weighted by molar-refractivity contribution is -0.134. The number of esters is 1. The number of carbonyl (C=O) groups is 2. The Kier molecular flexibility index (Phi) is 3.59. The lowest BCUT2D eigenvalue weighted by Crippen LogP contribution is -2.40. The van der Waals surface area contributed by atoms with E-state index in [1.165, 1.54) is 6.20 Å². The van der Waals surface area contributed by atoms with Crippen molar-refractivity contribution in [3.63, 3.8) is 0 Å². The zero-order valence-corrected chi connectivity index (χ0v) is 15.9. The lowest BCUT2D eigenvalue weighted by atomic mass is 9.92. The molecule has 138 valence electrons. The van der Waals surface area contributed by atoms with Crippen molar-refractivity contribution < 1.29 is 14.3 Å². The number of hydrogen-bond donors (Lipinski definition) is 0. The van der Waals surface area contributed by atoms with E-state index in [4.69, 9.17) is 27.9 Å². The molecule has 2 aliphatic heterocycles. The summed E-state index contributed by atoms with van der Waals surface area (Å²) >= 11 is 12.2. The number of nitrogens with zero attached hydrogens (tertiary/aromatic N) is 2. The molecule has 1 aromatic heterocycles. The summed E-state index contributed by atoms with van der Waals surface area (Å²) in [4.78, 5) is 31.4. The first kappa shape index (κ1) is 17.0. The second kappa shape index (κ2) is 5.69. The molecule has 0 bridgehead atoms. The third-order valence-electron chi connectivity index (χ3n) is 5.97. The number of likely N-dealkylation sites (tertiary alicyclic amines) is 1. The van der Waals surface area contributed by atoms with Gasteiger partial charge in [-0.2, -0.15) is 0 Å². The van der Waals surface area contributed by atoms with E-state index in [9.17, 15) is 9.59 Å². The third-order valence-corrected chi connectivity index (χ3v) is 6.71. The van der Waals surface area contributed by atoms with Crippen LogP contribution in [0.2, 0.25) is 10.0 Å². The molecule has 2 fully saturated rings. The quantitative estimate of drug-likeness (QED) is 0.718. The molecule has 1 saturated heterocycles. The van der Waals surface area contributed by atoms with Gasteiger partial charge in [0.15, 0.2) is 5.60 Å². The van der Waals surface area contributed by atoms with Crippen LogP contribution >= 0.6 is 23.2 Å². The molecule has 5 rings (SSSR count). The van der Waals surface area contributed by atoms with Gasteiger partial charge in [0.25, 0.3) is 0 Å². The van der Waals surface area contributed by atoms with Gasteiger partial charge < -0.3 is 9.64 Å². The number of hydrogen-bond acceptors (Lipinski definition) is 4. The Morgan fingerprint density at radius 1 is 1.15 bits per heavy atom. The van der Waals surface area contributed by atoms with Gasteiger partial charge in [-0.15, -0.1) is 0 Å². The third kappa shape index (κ3) is 2.41. The van der Waals surface area contributed by atoms with Gasteiger partial charge in [-0.25, -0.2) is 4.79 Å². The fourth-order valence-corrected chi connectivity index (χ4v) is 4.65. The molecule has 3 heterocycles. The van der Waals surface area contributed by atoms with Crippen LogP contribution in [0.3, 0.4) is 0 Å². The molecular weight excluding hydrogens is 387 g/mol. The van der Waals surface area contributed by atoms with Crippen molar-refractivity contribution in [2.75, 3.05) is 13.1 Å². The molecule has 1 spiro atoms. The van der Waals surface area contributed by atoms with Crippen LogP contribution < -0.4 is 0 Å². The lowest BCUT2D eigenvalue weighted by Gasteiger charge is -2.27. The predicted octanol–water partition coefficient (Wildman–Crippen LogP) is 3.72. The summed E-state index contributed by atoms with van der Waals surface area (Å²) in [7, 11) is 0. The highest BCUT2D eigenvalue weighted by Gasteiger charge is 2.57. The Morgan fingerprint density at radius 2 is 1.96 bits per heavy atom. The van der Waals surface area contributed by atoms with Crippen LogP contribution in [0.25, 0.3) is 0 Å². The highest BCUT2D eigenvalue weighted by molar-refractivity contribution is 6.42. The highest BCUT2D eigenvalue weighted by Crippen LogP contribution is 2.52. The van der Waals surface area contributed by atoms with Gasteiger partial charge in [-0.1, -0.05) is 29.3 Å². The minimum Gasteiger partial charge on any atom is -0.449 e. The number of ether oxygens (including phenoxy) is 1. The van der Waals surface area contributed by atoms with Crippen molar-refractivity contribution >= 4 is 35.1 Å². The van der Waals surface area contributed by atoms with Crippen LogP contribution in [0.1, 0.15) is 40.7 Å². The molecular formula is C20H16Cl2N2O3. The van der Waals surface area contributed by atoms with E-state index in [0.717, 1.165) is 24.0 Å². The molecule has 7 heteroatoms. The van der Waals surface area contributed by atoms with Crippen LogP contribution in [-0.2, 0) is 20.5 Å². The first-order chi connectivity index (χ1) is 13.0. The average Bonchev–Trinajstić information content (AvgIpc) is 3.30. The number of fused-ring (bicyclic) bond motifs is 2. The monoisotopic (exact) mass is 402 g/mol. The number of aromatic nitrogens is 1. The van der Waals surface area contributed by atoms with Crippen LogP contribution in [0.15, 0.2) is 36.7 Å². The van der Waals surface area contributed by atoms with Crippen molar-refractivity contribution in [1.82, 2.24) is 9.88 Å². The zero-order valence-electron chi connectivity index (χ0n) is 14.4. The molecule has 1 amide bonds. The Labute approximate surface area is 166 Å². The van der Waals surface area contributed by atoms with Crippen molar-refractivity contribution in [3.05, 3.63) is 63.4 Å². The van der Waals surface area contributed by atoms with Crippen molar-refractivity contribution in [1.29, 1.82) is 0 Å². The number of halogens is 2. The van der Waals surface area contributed by atoms with Gasteiger partial charge >= 0.3 is 5.97 Å². The molecule has 3 aliphatic rings. The van der Waals surface area contributed by atoms with Crippen LogP contribution in [0.4, 0.5) is 0 Å². The number of carbonyl (C=O) groups excluding carboxylic acids is 2. The topological polar surface area (TPSA) is 59.5 Å². The molecule has 1 saturated carbocycles. The normalized spacial score (nSPS) is 24.8. The fraction of sp³-hybridized carbons (Fsp3) is 0.350. The van der Waals surface area contributed by atoms with Gasteiger partial charge in [0.05, 0.1) is 27.6 Å². The SMILES string of the molecule is O=C1OC2(CCN(C(=O)C3(c4ccc(Cl)c(Cl)c4)CC3)C2)c2ccncc21. The molecule has 1 aromatic carbocycles. The first-order valence-electron chi connectivity index (χ1n) is 8.88. The second-order valence-electron chi connectivity index (χ2n) is 7.49. The van der Waals surface area contributed by atoms with Crippen molar-refractivity contribution in [3.8, 4) is 0 Å². The second-order valence-corrected chi connectivity index (χ2v) is 8.31. The van der Waals surface area contributed by atoms with Crippen molar-refractivity contribution in [2.45, 2.75) is 30.3 Å². The molecule has 1 unspecified atom stereocenters. The van der Waals surface area contributed by atoms with E-state index in [0.29, 0.717) is 35.1 Å². The van der Waals surface area contributed by atoms with E-state index < -0.39 is 11.0 Å². The van der Waals surface area contributed by atoms with Crippen molar-refractivity contribution in [2.24, 2.45) is 0 Å². The van der Waals surface area contributed by atoms with Crippen LogP contribution in [0.5, 0.6) is 0 Å². The molecule has 0 N–H and O–H groups in total. The number of pyridine rings is 1. The van der Waals surface area contributed by atoms with E-state index in [2.05, 4.69) is 4.98 Å². The van der Waals surface area contributed by atoms with Gasteiger partial charge in [0.1, 0.15) is 0 Å². The molecule has 2 aromatic rings. The van der Waals surface area contributed by atoms with Gasteiger partial charge in [-0.05, 0) is 36.6 Å². The fourth-order valence-electron chi connectivity index (χ4n) is 4.35. The minimum atomic E-state index is -0.751. The molecule has 0 radical (unpaired) electrons. The van der Waals surface area contributed by atoms with Gasteiger partial charge in [0, 0.05) is 30.9 Å². The number of benzene rings is 1. The Bertz CT molecular complexity index is 989. The summed E-state index contributed by atoms with van der Waals surface area (Å²) in [5, 5.41) is 0.934. The summed E-state index contributed by atoms with van der Waals surface area (Å²) in [5.74, 6) is -0.297. The summed E-state index contributed by atoms with van der Waals surface area (Å²) in [6, 6.07) is 7.22. The van der Waals surface area contributed by atoms with Gasteiger partial charge in [-0.3, -0.25) is 9.78 Å². The van der Waals surface area contributed by atoms with E-state index in [-0.39, 0.29) is 11.9 Å². The van der Waals surface area contributed by atoms with E-state index in [1.54, 1.807) is 18.3 Å².